The smallest absolute Gasteiger partial charge is 0.142 e. The van der Waals surface area contributed by atoms with Gasteiger partial charge < -0.3 is 10.5 Å². The van der Waals surface area contributed by atoms with E-state index in [4.69, 9.17) is 10.5 Å². The third-order valence-corrected chi connectivity index (χ3v) is 2.42. The van der Waals surface area contributed by atoms with Crippen molar-refractivity contribution in [2.75, 3.05) is 0 Å². The lowest BCUT2D eigenvalue weighted by molar-refractivity contribution is 0.300. The Kier molecular flexibility index (Phi) is 3.84. The zero-order chi connectivity index (χ0) is 13.0. The second-order valence-corrected chi connectivity index (χ2v) is 3.90. The molecule has 2 aromatic heterocycles. The Morgan fingerprint density at radius 1 is 1.33 bits per heavy atom. The first-order valence-corrected chi connectivity index (χ1v) is 5.58. The van der Waals surface area contributed by atoms with Gasteiger partial charge in [-0.1, -0.05) is 0 Å². The third-order valence-electron chi connectivity index (χ3n) is 2.42. The molecule has 0 saturated heterocycles. The molecule has 0 bridgehead atoms. The van der Waals surface area contributed by atoms with Gasteiger partial charge >= 0.3 is 0 Å². The van der Waals surface area contributed by atoms with Crippen LogP contribution in [-0.4, -0.2) is 9.97 Å². The van der Waals surface area contributed by atoms with Gasteiger partial charge in [-0.05, 0) is 25.1 Å². The molecule has 0 aromatic carbocycles. The van der Waals surface area contributed by atoms with E-state index in [1.807, 2.05) is 19.1 Å². The van der Waals surface area contributed by atoms with E-state index in [0.717, 1.165) is 11.9 Å². The summed E-state index contributed by atoms with van der Waals surface area (Å²) in [4.78, 5) is 8.04. The molecule has 4 nitrogen and oxygen atoms in total. The lowest BCUT2D eigenvalue weighted by atomic mass is 10.2. The quantitative estimate of drug-likeness (QED) is 0.897. The Balaban J connectivity index is 2.10. The number of aromatic nitrogens is 2. The summed E-state index contributed by atoms with van der Waals surface area (Å²) in [6, 6.07) is 5.05. The monoisotopic (exact) mass is 247 g/mol. The van der Waals surface area contributed by atoms with Gasteiger partial charge in [0.25, 0.3) is 0 Å². The van der Waals surface area contributed by atoms with Gasteiger partial charge in [-0.3, -0.25) is 9.97 Å². The van der Waals surface area contributed by atoms with Gasteiger partial charge in [0.05, 0.1) is 11.9 Å². The van der Waals surface area contributed by atoms with E-state index in [1.165, 1.54) is 6.07 Å². The highest BCUT2D eigenvalue weighted by Crippen LogP contribution is 2.17. The normalized spacial score (nSPS) is 10.4. The van der Waals surface area contributed by atoms with Crippen molar-refractivity contribution in [3.8, 4) is 5.75 Å². The largest absolute Gasteiger partial charge is 0.487 e. The van der Waals surface area contributed by atoms with E-state index >= 15 is 0 Å². The predicted molar refractivity (Wildman–Crippen MR) is 65.4 cm³/mol. The van der Waals surface area contributed by atoms with Crippen molar-refractivity contribution in [1.82, 2.24) is 9.97 Å². The maximum absolute atomic E-state index is 12.9. The average Bonchev–Trinajstić information content (AvgIpc) is 2.37. The van der Waals surface area contributed by atoms with Crippen LogP contribution in [0.15, 0.2) is 30.6 Å². The van der Waals surface area contributed by atoms with Crippen LogP contribution in [0.1, 0.15) is 17.0 Å². The first kappa shape index (κ1) is 12.4. The molecule has 0 unspecified atom stereocenters. The van der Waals surface area contributed by atoms with Gasteiger partial charge in [-0.25, -0.2) is 4.39 Å². The summed E-state index contributed by atoms with van der Waals surface area (Å²) in [5, 5.41) is 0. The van der Waals surface area contributed by atoms with E-state index < -0.39 is 0 Å². The van der Waals surface area contributed by atoms with E-state index in [1.54, 1.807) is 6.20 Å². The number of hydrogen-bond donors (Lipinski definition) is 1. The fraction of sp³-hybridized carbons (Fsp3) is 0.231. The summed E-state index contributed by atoms with van der Waals surface area (Å²) in [6.45, 7) is 2.43. The van der Waals surface area contributed by atoms with Gasteiger partial charge in [-0.15, -0.1) is 0 Å². The van der Waals surface area contributed by atoms with Crippen LogP contribution >= 0.6 is 0 Å². The highest BCUT2D eigenvalue weighted by molar-refractivity contribution is 5.29. The number of ether oxygens (including phenoxy) is 1. The molecule has 2 N–H and O–H groups in total. The van der Waals surface area contributed by atoms with Gasteiger partial charge in [0.1, 0.15) is 18.2 Å². The summed E-state index contributed by atoms with van der Waals surface area (Å²) in [5.74, 6) is 0.240. The zero-order valence-electron chi connectivity index (χ0n) is 10.1. The van der Waals surface area contributed by atoms with E-state index in [2.05, 4.69) is 9.97 Å². The molecule has 0 aliphatic rings. The van der Waals surface area contributed by atoms with Crippen LogP contribution in [0.3, 0.4) is 0 Å². The fourth-order valence-electron chi connectivity index (χ4n) is 1.57. The Bertz CT molecular complexity index is 546. The lowest BCUT2D eigenvalue weighted by Gasteiger charge is -2.10. The molecule has 94 valence electrons. The van der Waals surface area contributed by atoms with Crippen molar-refractivity contribution in [3.05, 3.63) is 53.4 Å². The molecule has 2 rings (SSSR count). The van der Waals surface area contributed by atoms with Crippen LogP contribution in [0.25, 0.3) is 0 Å². The number of pyridine rings is 2. The van der Waals surface area contributed by atoms with Crippen molar-refractivity contribution in [2.45, 2.75) is 20.1 Å². The molecule has 2 heterocycles. The summed E-state index contributed by atoms with van der Waals surface area (Å²) in [5.41, 5.74) is 7.84. The van der Waals surface area contributed by atoms with Crippen LogP contribution < -0.4 is 10.5 Å². The topological polar surface area (TPSA) is 61.0 Å². The molecular weight excluding hydrogens is 233 g/mol. The first-order chi connectivity index (χ1) is 8.69. The van der Waals surface area contributed by atoms with E-state index in [0.29, 0.717) is 23.6 Å². The molecule has 18 heavy (non-hydrogen) atoms. The van der Waals surface area contributed by atoms with E-state index in [9.17, 15) is 4.39 Å². The van der Waals surface area contributed by atoms with Crippen molar-refractivity contribution in [2.24, 2.45) is 5.73 Å². The van der Waals surface area contributed by atoms with E-state index in [-0.39, 0.29) is 12.4 Å². The van der Waals surface area contributed by atoms with Crippen LogP contribution in [-0.2, 0) is 13.2 Å². The molecule has 5 heteroatoms. The molecule has 0 aliphatic heterocycles. The zero-order valence-corrected chi connectivity index (χ0v) is 10.1. The number of halogens is 1. The maximum Gasteiger partial charge on any atom is 0.142 e. The van der Waals surface area contributed by atoms with Crippen molar-refractivity contribution in [3.63, 3.8) is 0 Å². The summed E-state index contributed by atoms with van der Waals surface area (Å²) in [6.07, 6.45) is 2.72. The van der Waals surface area contributed by atoms with Crippen LogP contribution in [0.2, 0.25) is 0 Å². The number of rotatable bonds is 4. The second-order valence-electron chi connectivity index (χ2n) is 3.90. The minimum atomic E-state index is -0.378. The maximum atomic E-state index is 12.9. The summed E-state index contributed by atoms with van der Waals surface area (Å²) >= 11 is 0. The summed E-state index contributed by atoms with van der Waals surface area (Å²) in [7, 11) is 0. The minimum absolute atomic E-state index is 0.239. The van der Waals surface area contributed by atoms with Crippen LogP contribution in [0.5, 0.6) is 5.75 Å². The number of nitrogens with two attached hydrogens (primary N) is 1. The standard InChI is InChI=1S/C13H14FN3O/c1-9-2-3-13(12(5-15)17-9)18-8-10-4-11(14)7-16-6-10/h2-4,6-7H,5,8,15H2,1H3. The van der Waals surface area contributed by atoms with Crippen molar-refractivity contribution in [1.29, 1.82) is 0 Å². The number of nitrogens with zero attached hydrogens (tertiary/aromatic N) is 2. The Morgan fingerprint density at radius 3 is 2.89 bits per heavy atom. The lowest BCUT2D eigenvalue weighted by Crippen LogP contribution is -2.06. The molecule has 0 saturated carbocycles. The molecular formula is C13H14FN3O. The van der Waals surface area contributed by atoms with Gasteiger partial charge in [-0.2, -0.15) is 0 Å². The number of hydrogen-bond acceptors (Lipinski definition) is 4. The average molecular weight is 247 g/mol. The molecule has 2 aromatic rings. The molecule has 0 fully saturated rings. The van der Waals surface area contributed by atoms with Crippen LogP contribution in [0.4, 0.5) is 4.39 Å². The highest BCUT2D eigenvalue weighted by Gasteiger charge is 2.05. The van der Waals surface area contributed by atoms with Crippen LogP contribution in [0, 0.1) is 12.7 Å². The predicted octanol–water partition coefficient (Wildman–Crippen LogP) is 1.96. The summed E-state index contributed by atoms with van der Waals surface area (Å²) < 4.78 is 18.5. The van der Waals surface area contributed by atoms with Crippen molar-refractivity contribution >= 4 is 0 Å². The first-order valence-electron chi connectivity index (χ1n) is 5.58. The van der Waals surface area contributed by atoms with Gasteiger partial charge in [0.2, 0.25) is 0 Å². The fourth-order valence-corrected chi connectivity index (χ4v) is 1.57. The number of aryl methyl sites for hydroxylation is 1. The Hall–Kier alpha value is -2.01. The van der Waals surface area contributed by atoms with Crippen molar-refractivity contribution < 1.29 is 9.13 Å². The Morgan fingerprint density at radius 2 is 2.17 bits per heavy atom. The minimum Gasteiger partial charge on any atom is -0.487 e. The Labute approximate surface area is 105 Å². The molecule has 0 atom stereocenters. The molecule has 0 spiro atoms. The van der Waals surface area contributed by atoms with Gasteiger partial charge in [0, 0.05) is 24.0 Å². The SMILES string of the molecule is Cc1ccc(OCc2cncc(F)c2)c(CN)n1. The highest BCUT2D eigenvalue weighted by atomic mass is 19.1. The molecule has 0 aliphatic carbocycles. The molecule has 0 amide bonds. The molecule has 0 radical (unpaired) electrons. The second kappa shape index (κ2) is 5.55. The third kappa shape index (κ3) is 3.01. The van der Waals surface area contributed by atoms with Gasteiger partial charge in [0.15, 0.2) is 0 Å².